The minimum atomic E-state index is -0.139. The molecule has 0 saturated carbocycles. The molecule has 0 bridgehead atoms. The Hall–Kier alpha value is -2.47. The Morgan fingerprint density at radius 2 is 2.08 bits per heavy atom. The van der Waals surface area contributed by atoms with Crippen LogP contribution in [0.1, 0.15) is 26.2 Å². The van der Waals surface area contributed by atoms with Crippen molar-refractivity contribution in [3.05, 3.63) is 53.1 Å². The smallest absolute Gasteiger partial charge is 0.271 e. The van der Waals surface area contributed by atoms with Gasteiger partial charge >= 0.3 is 0 Å². The molecule has 1 aliphatic rings. The first-order valence-electron chi connectivity index (χ1n) is 8.97. The highest BCUT2D eigenvalue weighted by molar-refractivity contribution is 7.22. The van der Waals surface area contributed by atoms with Crippen LogP contribution in [-0.4, -0.2) is 32.9 Å². The van der Waals surface area contributed by atoms with Crippen LogP contribution in [0.4, 0.5) is 0 Å². The summed E-state index contributed by atoms with van der Waals surface area (Å²) in [5.74, 6) is 0.000268. The van der Waals surface area contributed by atoms with Gasteiger partial charge in [0.15, 0.2) is 0 Å². The second-order valence-corrected chi connectivity index (χ2v) is 7.85. The third-order valence-corrected chi connectivity index (χ3v) is 6.15. The number of rotatable bonds is 3. The lowest BCUT2D eigenvalue weighted by Gasteiger charge is -2.33. The van der Waals surface area contributed by atoms with Gasteiger partial charge in [-0.3, -0.25) is 14.2 Å². The molecule has 3 aromatic rings. The summed E-state index contributed by atoms with van der Waals surface area (Å²) < 4.78 is 2.04. The SMILES string of the molecule is CC1CCCCN1C(=O)Cn1cnc2cc(-c3ccccc3)sc2c1=O. The third kappa shape index (κ3) is 3.17. The molecule has 0 radical (unpaired) electrons. The monoisotopic (exact) mass is 367 g/mol. The standard InChI is InChI=1S/C20H21N3O2S/c1-14-7-5-6-10-23(14)18(24)12-22-13-21-16-11-17(26-19(16)20(22)25)15-8-3-2-4-9-15/h2-4,8-9,11,13-14H,5-7,10,12H2,1H3. The Kier molecular flexibility index (Phi) is 4.59. The minimum Gasteiger partial charge on any atom is -0.338 e. The Bertz CT molecular complexity index is 993. The van der Waals surface area contributed by atoms with Gasteiger partial charge in [0, 0.05) is 17.5 Å². The lowest BCUT2D eigenvalue weighted by Crippen LogP contribution is -2.44. The normalized spacial score (nSPS) is 17.6. The fraction of sp³-hybridized carbons (Fsp3) is 0.350. The number of thiophene rings is 1. The predicted octanol–water partition coefficient (Wildman–Crippen LogP) is 3.53. The molecular formula is C20H21N3O2S. The molecule has 1 aliphatic heterocycles. The van der Waals surface area contributed by atoms with E-state index in [2.05, 4.69) is 11.9 Å². The molecule has 26 heavy (non-hydrogen) atoms. The van der Waals surface area contributed by atoms with Crippen LogP contribution in [0.25, 0.3) is 20.7 Å². The summed E-state index contributed by atoms with van der Waals surface area (Å²) in [5, 5.41) is 0. The summed E-state index contributed by atoms with van der Waals surface area (Å²) in [5.41, 5.74) is 1.62. The summed E-state index contributed by atoms with van der Waals surface area (Å²) in [6.45, 7) is 2.92. The maximum absolute atomic E-state index is 12.8. The zero-order valence-corrected chi connectivity index (χ0v) is 15.5. The number of hydrogen-bond donors (Lipinski definition) is 0. The molecule has 1 fully saturated rings. The molecule has 1 amide bonds. The van der Waals surface area contributed by atoms with E-state index >= 15 is 0 Å². The quantitative estimate of drug-likeness (QED) is 0.712. The van der Waals surface area contributed by atoms with Crippen LogP contribution >= 0.6 is 11.3 Å². The fourth-order valence-electron chi connectivity index (χ4n) is 3.51. The first-order valence-corrected chi connectivity index (χ1v) is 9.79. The average Bonchev–Trinajstić information content (AvgIpc) is 3.10. The van der Waals surface area contributed by atoms with Crippen molar-refractivity contribution in [1.29, 1.82) is 0 Å². The maximum Gasteiger partial charge on any atom is 0.271 e. The molecule has 0 spiro atoms. The van der Waals surface area contributed by atoms with E-state index in [0.717, 1.165) is 36.2 Å². The van der Waals surface area contributed by atoms with Crippen LogP contribution < -0.4 is 5.56 Å². The zero-order chi connectivity index (χ0) is 18.1. The van der Waals surface area contributed by atoms with Crippen LogP contribution in [0, 0.1) is 0 Å². The van der Waals surface area contributed by atoms with E-state index in [1.165, 1.54) is 22.2 Å². The number of carbonyl (C=O) groups is 1. The molecular weight excluding hydrogens is 346 g/mol. The number of likely N-dealkylation sites (tertiary alicyclic amines) is 1. The van der Waals surface area contributed by atoms with Gasteiger partial charge in [0.25, 0.3) is 5.56 Å². The van der Waals surface area contributed by atoms with Gasteiger partial charge < -0.3 is 4.90 Å². The Balaban J connectivity index is 1.63. The van der Waals surface area contributed by atoms with Crippen molar-refractivity contribution in [1.82, 2.24) is 14.5 Å². The van der Waals surface area contributed by atoms with Crippen LogP contribution in [-0.2, 0) is 11.3 Å². The summed E-state index contributed by atoms with van der Waals surface area (Å²) in [7, 11) is 0. The first-order chi connectivity index (χ1) is 12.6. The molecule has 6 heteroatoms. The zero-order valence-electron chi connectivity index (χ0n) is 14.7. The van der Waals surface area contributed by atoms with Gasteiger partial charge in [0.05, 0.1) is 11.8 Å². The summed E-state index contributed by atoms with van der Waals surface area (Å²) in [6, 6.07) is 12.1. The van der Waals surface area contributed by atoms with Crippen molar-refractivity contribution in [2.75, 3.05) is 6.54 Å². The number of carbonyl (C=O) groups excluding carboxylic acids is 1. The van der Waals surface area contributed by atoms with Gasteiger partial charge in [-0.15, -0.1) is 11.3 Å². The molecule has 2 aromatic heterocycles. The van der Waals surface area contributed by atoms with Crippen LogP contribution in [0.15, 0.2) is 47.5 Å². The highest BCUT2D eigenvalue weighted by Gasteiger charge is 2.23. The molecule has 0 N–H and O–H groups in total. The average molecular weight is 367 g/mol. The van der Waals surface area contributed by atoms with Crippen molar-refractivity contribution in [2.24, 2.45) is 0 Å². The van der Waals surface area contributed by atoms with E-state index in [-0.39, 0.29) is 24.1 Å². The number of piperidine rings is 1. The highest BCUT2D eigenvalue weighted by Crippen LogP contribution is 2.30. The molecule has 3 heterocycles. The number of aromatic nitrogens is 2. The van der Waals surface area contributed by atoms with E-state index in [4.69, 9.17) is 0 Å². The Morgan fingerprint density at radius 1 is 1.27 bits per heavy atom. The summed E-state index contributed by atoms with van der Waals surface area (Å²) in [6.07, 6.45) is 4.73. The number of benzene rings is 1. The summed E-state index contributed by atoms with van der Waals surface area (Å²) in [4.78, 5) is 32.8. The van der Waals surface area contributed by atoms with Gasteiger partial charge in [-0.05, 0) is 37.8 Å². The first kappa shape index (κ1) is 17.0. The molecule has 134 valence electrons. The second kappa shape index (κ2) is 7.03. The molecule has 5 nitrogen and oxygen atoms in total. The fourth-order valence-corrected chi connectivity index (χ4v) is 4.57. The second-order valence-electron chi connectivity index (χ2n) is 6.80. The largest absolute Gasteiger partial charge is 0.338 e. The van der Waals surface area contributed by atoms with Gasteiger partial charge in [-0.25, -0.2) is 4.98 Å². The number of hydrogen-bond acceptors (Lipinski definition) is 4. The topological polar surface area (TPSA) is 55.2 Å². The van der Waals surface area contributed by atoms with E-state index in [0.29, 0.717) is 10.2 Å². The number of amides is 1. The van der Waals surface area contributed by atoms with Gasteiger partial charge in [0.1, 0.15) is 11.2 Å². The lowest BCUT2D eigenvalue weighted by molar-refractivity contribution is -0.135. The van der Waals surface area contributed by atoms with Crippen LogP contribution in [0.5, 0.6) is 0 Å². The van der Waals surface area contributed by atoms with Crippen LogP contribution in [0.3, 0.4) is 0 Å². The Morgan fingerprint density at radius 3 is 2.85 bits per heavy atom. The van der Waals surface area contributed by atoms with Crippen molar-refractivity contribution < 1.29 is 4.79 Å². The number of nitrogens with zero attached hydrogens (tertiary/aromatic N) is 3. The van der Waals surface area contributed by atoms with E-state index in [9.17, 15) is 9.59 Å². The maximum atomic E-state index is 12.8. The predicted molar refractivity (Wildman–Crippen MR) is 104 cm³/mol. The van der Waals surface area contributed by atoms with Crippen molar-refractivity contribution in [2.45, 2.75) is 38.8 Å². The van der Waals surface area contributed by atoms with Gasteiger partial charge in [-0.2, -0.15) is 0 Å². The summed E-state index contributed by atoms with van der Waals surface area (Å²) >= 11 is 1.43. The van der Waals surface area contributed by atoms with E-state index < -0.39 is 0 Å². The van der Waals surface area contributed by atoms with Crippen molar-refractivity contribution in [3.8, 4) is 10.4 Å². The molecule has 1 aromatic carbocycles. The van der Waals surface area contributed by atoms with E-state index in [1.807, 2.05) is 41.3 Å². The van der Waals surface area contributed by atoms with Crippen LogP contribution in [0.2, 0.25) is 0 Å². The molecule has 1 saturated heterocycles. The lowest BCUT2D eigenvalue weighted by atomic mass is 10.0. The van der Waals surface area contributed by atoms with Gasteiger partial charge in [-0.1, -0.05) is 30.3 Å². The van der Waals surface area contributed by atoms with E-state index in [1.54, 1.807) is 0 Å². The Labute approximate surface area is 155 Å². The molecule has 1 atom stereocenters. The van der Waals surface area contributed by atoms with Crippen molar-refractivity contribution in [3.63, 3.8) is 0 Å². The molecule has 1 unspecified atom stereocenters. The number of fused-ring (bicyclic) bond motifs is 1. The molecule has 4 rings (SSSR count). The third-order valence-electron chi connectivity index (χ3n) is 4.99. The highest BCUT2D eigenvalue weighted by atomic mass is 32.1. The minimum absolute atomic E-state index is 0.000268. The van der Waals surface area contributed by atoms with Gasteiger partial charge in [0.2, 0.25) is 5.91 Å². The molecule has 0 aliphatic carbocycles. The van der Waals surface area contributed by atoms with Crippen molar-refractivity contribution >= 4 is 27.5 Å².